The Morgan fingerprint density at radius 3 is 2.35 bits per heavy atom. The molecule has 20 heavy (non-hydrogen) atoms. The average molecular weight is 277 g/mol. The Hall–Kier alpha value is -1.88. The third-order valence-corrected chi connectivity index (χ3v) is 3.37. The normalized spacial score (nSPS) is 11.8. The summed E-state index contributed by atoms with van der Waals surface area (Å²) in [5.41, 5.74) is 7.19. The van der Waals surface area contributed by atoms with Gasteiger partial charge in [-0.25, -0.2) is 0 Å². The Kier molecular flexibility index (Phi) is 6.18. The summed E-state index contributed by atoms with van der Waals surface area (Å²) >= 11 is 0. The number of benzene rings is 1. The number of nitrogens with two attached hydrogens (primary N) is 1. The standard InChI is InChI=1S/C15H23N3O2/c1-4-12(9-16)15(20)18(3)10-11-5-7-13(8-6-11)14(19)17-2/h5-8,12H,4,9-10,16H2,1-3H3,(H,17,19). The van der Waals surface area contributed by atoms with Gasteiger partial charge in [0.05, 0.1) is 5.92 Å². The highest BCUT2D eigenvalue weighted by atomic mass is 16.2. The lowest BCUT2D eigenvalue weighted by atomic mass is 10.0. The van der Waals surface area contributed by atoms with Crippen LogP contribution in [0.3, 0.4) is 0 Å². The number of hydrogen-bond acceptors (Lipinski definition) is 3. The fourth-order valence-electron chi connectivity index (χ4n) is 2.01. The Bertz CT molecular complexity index is 453. The predicted octanol–water partition coefficient (Wildman–Crippen LogP) is 0.990. The third kappa shape index (κ3) is 4.06. The summed E-state index contributed by atoms with van der Waals surface area (Å²) in [4.78, 5) is 25.2. The third-order valence-electron chi connectivity index (χ3n) is 3.37. The smallest absolute Gasteiger partial charge is 0.251 e. The van der Waals surface area contributed by atoms with E-state index in [4.69, 9.17) is 5.73 Å². The molecule has 5 nitrogen and oxygen atoms in total. The molecule has 2 amide bonds. The molecule has 0 bridgehead atoms. The molecule has 1 rings (SSSR count). The van der Waals surface area contributed by atoms with Gasteiger partial charge in [0.15, 0.2) is 0 Å². The van der Waals surface area contributed by atoms with Crippen molar-refractivity contribution in [2.45, 2.75) is 19.9 Å². The average Bonchev–Trinajstić information content (AvgIpc) is 2.48. The first-order valence-electron chi connectivity index (χ1n) is 6.79. The van der Waals surface area contributed by atoms with Crippen molar-refractivity contribution >= 4 is 11.8 Å². The SMILES string of the molecule is CCC(CN)C(=O)N(C)Cc1ccc(C(=O)NC)cc1. The number of carbonyl (C=O) groups is 2. The molecule has 110 valence electrons. The molecule has 0 saturated heterocycles. The second-order valence-corrected chi connectivity index (χ2v) is 4.81. The van der Waals surface area contributed by atoms with Crippen LogP contribution in [0.5, 0.6) is 0 Å². The summed E-state index contributed by atoms with van der Waals surface area (Å²) in [6.07, 6.45) is 0.745. The molecule has 1 atom stereocenters. The van der Waals surface area contributed by atoms with Crippen LogP contribution in [0, 0.1) is 5.92 Å². The van der Waals surface area contributed by atoms with Crippen molar-refractivity contribution in [1.82, 2.24) is 10.2 Å². The van der Waals surface area contributed by atoms with E-state index in [1.807, 2.05) is 19.1 Å². The molecule has 5 heteroatoms. The van der Waals surface area contributed by atoms with Gasteiger partial charge in [0.25, 0.3) is 5.91 Å². The predicted molar refractivity (Wildman–Crippen MR) is 79.1 cm³/mol. The zero-order valence-corrected chi connectivity index (χ0v) is 12.3. The van der Waals surface area contributed by atoms with E-state index in [2.05, 4.69) is 5.32 Å². The molecule has 0 aliphatic carbocycles. The molecule has 0 spiro atoms. The van der Waals surface area contributed by atoms with Gasteiger partial charge in [-0.1, -0.05) is 19.1 Å². The molecule has 0 aliphatic rings. The highest BCUT2D eigenvalue weighted by Gasteiger charge is 2.18. The first-order chi connectivity index (χ1) is 9.53. The summed E-state index contributed by atoms with van der Waals surface area (Å²) in [6, 6.07) is 7.23. The van der Waals surface area contributed by atoms with E-state index in [1.54, 1.807) is 31.1 Å². The Balaban J connectivity index is 2.69. The molecule has 1 unspecified atom stereocenters. The highest BCUT2D eigenvalue weighted by molar-refractivity contribution is 5.93. The monoisotopic (exact) mass is 277 g/mol. The van der Waals surface area contributed by atoms with Crippen LogP contribution in [0.2, 0.25) is 0 Å². The highest BCUT2D eigenvalue weighted by Crippen LogP contribution is 2.10. The van der Waals surface area contributed by atoms with E-state index in [1.165, 1.54) is 0 Å². The van der Waals surface area contributed by atoms with Crippen LogP contribution in [0.25, 0.3) is 0 Å². The van der Waals surface area contributed by atoms with Gasteiger partial charge in [-0.05, 0) is 24.1 Å². The van der Waals surface area contributed by atoms with Crippen molar-refractivity contribution in [3.8, 4) is 0 Å². The maximum absolute atomic E-state index is 12.1. The number of carbonyl (C=O) groups excluding carboxylic acids is 2. The minimum absolute atomic E-state index is 0.0605. The van der Waals surface area contributed by atoms with E-state index in [0.717, 1.165) is 12.0 Å². The van der Waals surface area contributed by atoms with Crippen LogP contribution in [-0.4, -0.2) is 37.4 Å². The van der Waals surface area contributed by atoms with Gasteiger partial charge >= 0.3 is 0 Å². The molecular formula is C15H23N3O2. The van der Waals surface area contributed by atoms with Gasteiger partial charge < -0.3 is 16.0 Å². The lowest BCUT2D eigenvalue weighted by Gasteiger charge is -2.22. The summed E-state index contributed by atoms with van der Waals surface area (Å²) in [5.74, 6) is -0.175. The number of hydrogen-bond donors (Lipinski definition) is 2. The molecule has 3 N–H and O–H groups in total. The molecule has 0 aliphatic heterocycles. The van der Waals surface area contributed by atoms with Crippen molar-refractivity contribution in [3.63, 3.8) is 0 Å². The van der Waals surface area contributed by atoms with Gasteiger partial charge in [-0.15, -0.1) is 0 Å². The van der Waals surface area contributed by atoms with Crippen molar-refractivity contribution in [2.75, 3.05) is 20.6 Å². The van der Waals surface area contributed by atoms with E-state index < -0.39 is 0 Å². The lowest BCUT2D eigenvalue weighted by molar-refractivity contribution is -0.134. The zero-order chi connectivity index (χ0) is 15.1. The number of amides is 2. The van der Waals surface area contributed by atoms with Gasteiger partial charge in [0.1, 0.15) is 0 Å². The maximum atomic E-state index is 12.1. The first-order valence-corrected chi connectivity index (χ1v) is 6.79. The Labute approximate surface area is 120 Å². The molecule has 0 fully saturated rings. The quantitative estimate of drug-likeness (QED) is 0.814. The minimum atomic E-state index is -0.120. The van der Waals surface area contributed by atoms with Crippen LogP contribution in [0.15, 0.2) is 24.3 Å². The Morgan fingerprint density at radius 1 is 1.30 bits per heavy atom. The molecule has 0 aromatic heterocycles. The molecular weight excluding hydrogens is 254 g/mol. The maximum Gasteiger partial charge on any atom is 0.251 e. The van der Waals surface area contributed by atoms with Gasteiger partial charge in [0, 0.05) is 32.7 Å². The lowest BCUT2D eigenvalue weighted by Crippen LogP contribution is -2.35. The van der Waals surface area contributed by atoms with Crippen LogP contribution < -0.4 is 11.1 Å². The van der Waals surface area contributed by atoms with E-state index in [-0.39, 0.29) is 17.7 Å². The summed E-state index contributed by atoms with van der Waals surface area (Å²) in [5, 5.41) is 2.57. The summed E-state index contributed by atoms with van der Waals surface area (Å²) in [7, 11) is 3.37. The van der Waals surface area contributed by atoms with Gasteiger partial charge in [-0.3, -0.25) is 9.59 Å². The van der Waals surface area contributed by atoms with E-state index >= 15 is 0 Å². The second-order valence-electron chi connectivity index (χ2n) is 4.81. The van der Waals surface area contributed by atoms with E-state index in [0.29, 0.717) is 18.7 Å². The van der Waals surface area contributed by atoms with Crippen LogP contribution >= 0.6 is 0 Å². The molecule has 0 heterocycles. The summed E-state index contributed by atoms with van der Waals surface area (Å²) < 4.78 is 0. The fourth-order valence-corrected chi connectivity index (χ4v) is 2.01. The zero-order valence-electron chi connectivity index (χ0n) is 12.3. The first kappa shape index (κ1) is 16.2. The fraction of sp³-hybridized carbons (Fsp3) is 0.467. The molecule has 1 aromatic carbocycles. The summed E-state index contributed by atoms with van der Waals surface area (Å²) in [6.45, 7) is 2.85. The number of nitrogens with one attached hydrogen (secondary N) is 1. The topological polar surface area (TPSA) is 75.4 Å². The van der Waals surface area contributed by atoms with Crippen LogP contribution in [-0.2, 0) is 11.3 Å². The van der Waals surface area contributed by atoms with Crippen molar-refractivity contribution in [2.24, 2.45) is 11.7 Å². The van der Waals surface area contributed by atoms with Crippen molar-refractivity contribution in [3.05, 3.63) is 35.4 Å². The molecule has 1 aromatic rings. The van der Waals surface area contributed by atoms with Crippen molar-refractivity contribution in [1.29, 1.82) is 0 Å². The largest absolute Gasteiger partial charge is 0.355 e. The number of rotatable bonds is 6. The van der Waals surface area contributed by atoms with Gasteiger partial charge in [-0.2, -0.15) is 0 Å². The van der Waals surface area contributed by atoms with Crippen LogP contribution in [0.1, 0.15) is 29.3 Å². The Morgan fingerprint density at radius 2 is 1.90 bits per heavy atom. The minimum Gasteiger partial charge on any atom is -0.355 e. The van der Waals surface area contributed by atoms with Crippen LogP contribution in [0.4, 0.5) is 0 Å². The second kappa shape index (κ2) is 7.65. The molecule has 0 radical (unpaired) electrons. The molecule has 0 saturated carbocycles. The number of nitrogens with zero attached hydrogens (tertiary/aromatic N) is 1. The van der Waals surface area contributed by atoms with Crippen molar-refractivity contribution < 1.29 is 9.59 Å². The van der Waals surface area contributed by atoms with Gasteiger partial charge in [0.2, 0.25) is 5.91 Å². The van der Waals surface area contributed by atoms with E-state index in [9.17, 15) is 9.59 Å².